The number of morpholine rings is 1. The first-order chi connectivity index (χ1) is 18.9. The third-order valence-corrected chi connectivity index (χ3v) is 6.93. The molecular formula is C29H27ClN4O5. The highest BCUT2D eigenvalue weighted by Gasteiger charge is 2.37. The van der Waals surface area contributed by atoms with E-state index in [1.807, 2.05) is 24.3 Å². The summed E-state index contributed by atoms with van der Waals surface area (Å²) in [5, 5.41) is 3.39. The second-order valence-electron chi connectivity index (χ2n) is 9.31. The number of nitrogens with one attached hydrogen (secondary N) is 1. The number of amides is 3. The maximum atomic E-state index is 13.4. The van der Waals surface area contributed by atoms with Crippen LogP contribution in [0.15, 0.2) is 72.8 Å². The number of nitrogens with zero attached hydrogens (tertiary/aromatic N) is 3. The van der Waals surface area contributed by atoms with Crippen LogP contribution in [0.1, 0.15) is 15.9 Å². The van der Waals surface area contributed by atoms with Gasteiger partial charge < -0.3 is 19.9 Å². The molecule has 10 heteroatoms. The first-order valence-corrected chi connectivity index (χ1v) is 13.0. The van der Waals surface area contributed by atoms with Gasteiger partial charge in [-0.15, -0.1) is 0 Å². The Morgan fingerprint density at radius 3 is 2.33 bits per heavy atom. The van der Waals surface area contributed by atoms with Crippen LogP contribution >= 0.6 is 11.6 Å². The number of hydrogen-bond donors (Lipinski definition) is 1. The van der Waals surface area contributed by atoms with Crippen LogP contribution < -0.4 is 15.1 Å². The monoisotopic (exact) mass is 546 g/mol. The van der Waals surface area contributed by atoms with Gasteiger partial charge in [0.05, 0.1) is 24.5 Å². The Morgan fingerprint density at radius 2 is 1.62 bits per heavy atom. The first-order valence-electron chi connectivity index (χ1n) is 12.6. The lowest BCUT2D eigenvalue weighted by Gasteiger charge is -2.29. The van der Waals surface area contributed by atoms with Gasteiger partial charge in [-0.05, 0) is 54.1 Å². The highest BCUT2D eigenvalue weighted by Crippen LogP contribution is 2.28. The van der Waals surface area contributed by atoms with Crippen molar-refractivity contribution in [3.63, 3.8) is 0 Å². The molecule has 1 saturated heterocycles. The van der Waals surface area contributed by atoms with Crippen molar-refractivity contribution in [3.8, 4) is 0 Å². The third kappa shape index (κ3) is 6.10. The predicted molar refractivity (Wildman–Crippen MR) is 148 cm³/mol. The molecule has 0 spiro atoms. The summed E-state index contributed by atoms with van der Waals surface area (Å²) in [6, 6.07) is 21.0. The van der Waals surface area contributed by atoms with Gasteiger partial charge in [0.1, 0.15) is 13.1 Å². The van der Waals surface area contributed by atoms with Crippen molar-refractivity contribution in [2.75, 3.05) is 54.5 Å². The molecule has 0 saturated carbocycles. The summed E-state index contributed by atoms with van der Waals surface area (Å²) < 4.78 is 5.40. The lowest BCUT2D eigenvalue weighted by atomic mass is 10.1. The summed E-state index contributed by atoms with van der Waals surface area (Å²) in [6.07, 6.45) is 0. The average Bonchev–Trinajstić information content (AvgIpc) is 3.19. The van der Waals surface area contributed by atoms with Gasteiger partial charge >= 0.3 is 0 Å². The summed E-state index contributed by atoms with van der Waals surface area (Å²) in [4.78, 5) is 56.2. The van der Waals surface area contributed by atoms with Crippen LogP contribution in [0.3, 0.4) is 0 Å². The maximum absolute atomic E-state index is 13.4. The van der Waals surface area contributed by atoms with E-state index in [-0.39, 0.29) is 31.1 Å². The second-order valence-corrected chi connectivity index (χ2v) is 9.74. The molecule has 0 unspecified atom stereocenters. The number of rotatable bonds is 8. The number of hydrogen-bond acceptors (Lipinski definition) is 6. The van der Waals surface area contributed by atoms with Crippen molar-refractivity contribution in [1.82, 2.24) is 4.90 Å². The minimum Gasteiger partial charge on any atom is -0.378 e. The van der Waals surface area contributed by atoms with Crippen molar-refractivity contribution in [1.29, 1.82) is 0 Å². The van der Waals surface area contributed by atoms with Crippen molar-refractivity contribution in [2.24, 2.45) is 0 Å². The Labute approximate surface area is 230 Å². The van der Waals surface area contributed by atoms with Crippen LogP contribution in [0.2, 0.25) is 5.02 Å². The number of Topliss-reactive ketones (excluding diaryl/α,β-unsaturated/α-hetero) is 1. The molecule has 5 rings (SSSR count). The predicted octanol–water partition coefficient (Wildman–Crippen LogP) is 3.37. The fourth-order valence-electron chi connectivity index (χ4n) is 4.63. The summed E-state index contributed by atoms with van der Waals surface area (Å²) in [5.74, 6) is -2.27. The van der Waals surface area contributed by atoms with Crippen LogP contribution in [0.5, 0.6) is 0 Å². The zero-order valence-electron chi connectivity index (χ0n) is 21.1. The quantitative estimate of drug-likeness (QED) is 0.435. The maximum Gasteiger partial charge on any atom is 0.299 e. The lowest BCUT2D eigenvalue weighted by molar-refractivity contribution is -0.134. The third-order valence-electron chi connectivity index (χ3n) is 6.67. The van der Waals surface area contributed by atoms with Crippen LogP contribution in [-0.4, -0.2) is 67.8 Å². The van der Waals surface area contributed by atoms with Gasteiger partial charge in [-0.1, -0.05) is 35.9 Å². The Balaban J connectivity index is 1.29. The molecule has 2 heterocycles. The number of halogens is 1. The zero-order chi connectivity index (χ0) is 27.4. The Morgan fingerprint density at radius 1 is 0.923 bits per heavy atom. The van der Waals surface area contributed by atoms with Gasteiger partial charge in [0.25, 0.3) is 11.7 Å². The molecule has 9 nitrogen and oxygen atoms in total. The van der Waals surface area contributed by atoms with E-state index in [0.29, 0.717) is 29.6 Å². The Bertz CT molecular complexity index is 1390. The number of benzene rings is 3. The van der Waals surface area contributed by atoms with Crippen molar-refractivity contribution in [2.45, 2.75) is 6.54 Å². The molecule has 200 valence electrons. The number of ether oxygens (including phenoxy) is 1. The number of carbonyl (C=O) groups excluding carboxylic acids is 4. The molecule has 2 aliphatic rings. The standard InChI is InChI=1S/C29H27ClN4O5/c30-21-7-5-20(6-8-21)17-33(27(36)19-34-25-4-2-1-3-24(25)28(37)29(34)38)18-26(35)31-22-9-11-23(12-10-22)32-13-15-39-16-14-32/h1-12H,13-19H2,(H,31,35). The highest BCUT2D eigenvalue weighted by atomic mass is 35.5. The van der Waals surface area contributed by atoms with Crippen molar-refractivity contribution < 1.29 is 23.9 Å². The van der Waals surface area contributed by atoms with Gasteiger partial charge in [-0.3, -0.25) is 24.1 Å². The van der Waals surface area contributed by atoms with E-state index in [1.165, 1.54) is 4.90 Å². The molecular weight excluding hydrogens is 520 g/mol. The number of para-hydroxylation sites is 1. The summed E-state index contributed by atoms with van der Waals surface area (Å²) in [5.41, 5.74) is 3.06. The van der Waals surface area contributed by atoms with Crippen LogP contribution in [0.4, 0.5) is 17.1 Å². The van der Waals surface area contributed by atoms with Crippen molar-refractivity contribution in [3.05, 3.63) is 88.9 Å². The second kappa shape index (κ2) is 11.7. The van der Waals surface area contributed by atoms with E-state index in [4.69, 9.17) is 16.3 Å². The Hall–Kier alpha value is -4.21. The van der Waals surface area contributed by atoms with Gasteiger partial charge in [0.15, 0.2) is 0 Å². The lowest BCUT2D eigenvalue weighted by Crippen LogP contribution is -2.45. The smallest absolute Gasteiger partial charge is 0.299 e. The molecule has 0 radical (unpaired) electrons. The summed E-state index contributed by atoms with van der Waals surface area (Å²) in [6.45, 7) is 2.49. The molecule has 0 bridgehead atoms. The van der Waals surface area contributed by atoms with Gasteiger partial charge in [0, 0.05) is 36.0 Å². The molecule has 2 aliphatic heterocycles. The highest BCUT2D eigenvalue weighted by molar-refractivity contribution is 6.52. The molecule has 0 aliphatic carbocycles. The molecule has 0 atom stereocenters. The van der Waals surface area contributed by atoms with E-state index in [0.717, 1.165) is 29.2 Å². The fourth-order valence-corrected chi connectivity index (χ4v) is 4.76. The number of anilines is 3. The normalized spacial score (nSPS) is 14.8. The van der Waals surface area contributed by atoms with Crippen LogP contribution in [0, 0.1) is 0 Å². The largest absolute Gasteiger partial charge is 0.378 e. The molecule has 3 amide bonds. The molecule has 1 N–H and O–H groups in total. The first kappa shape index (κ1) is 26.4. The van der Waals surface area contributed by atoms with E-state index >= 15 is 0 Å². The van der Waals surface area contributed by atoms with Crippen LogP contribution in [0.25, 0.3) is 0 Å². The minimum absolute atomic E-state index is 0.122. The molecule has 3 aromatic rings. The zero-order valence-corrected chi connectivity index (χ0v) is 21.9. The fraction of sp³-hybridized carbons (Fsp3) is 0.241. The topological polar surface area (TPSA) is 99.3 Å². The van der Waals surface area contributed by atoms with E-state index in [2.05, 4.69) is 10.2 Å². The van der Waals surface area contributed by atoms with E-state index in [1.54, 1.807) is 48.5 Å². The van der Waals surface area contributed by atoms with E-state index in [9.17, 15) is 19.2 Å². The van der Waals surface area contributed by atoms with Crippen molar-refractivity contribution >= 4 is 52.2 Å². The van der Waals surface area contributed by atoms with Gasteiger partial charge in [-0.25, -0.2) is 0 Å². The number of ketones is 1. The molecule has 0 aromatic heterocycles. The van der Waals surface area contributed by atoms with Crippen LogP contribution in [-0.2, 0) is 25.7 Å². The number of fused-ring (bicyclic) bond motifs is 1. The average molecular weight is 547 g/mol. The number of carbonyl (C=O) groups is 4. The van der Waals surface area contributed by atoms with Gasteiger partial charge in [0.2, 0.25) is 11.8 Å². The SMILES string of the molecule is O=C(CN(Cc1ccc(Cl)cc1)C(=O)CN1C(=O)C(=O)c2ccccc21)Nc1ccc(N2CCOCC2)cc1. The van der Waals surface area contributed by atoms with Gasteiger partial charge in [-0.2, -0.15) is 0 Å². The summed E-state index contributed by atoms with van der Waals surface area (Å²) in [7, 11) is 0. The summed E-state index contributed by atoms with van der Waals surface area (Å²) >= 11 is 6.01. The Kier molecular flexibility index (Phi) is 7.90. The van der Waals surface area contributed by atoms with E-state index < -0.39 is 17.6 Å². The molecule has 1 fully saturated rings. The minimum atomic E-state index is -0.763. The molecule has 3 aromatic carbocycles. The molecule has 39 heavy (non-hydrogen) atoms.